The van der Waals surface area contributed by atoms with E-state index in [2.05, 4.69) is 10.2 Å². The van der Waals surface area contributed by atoms with Crippen LogP contribution < -0.4 is 5.56 Å². The van der Waals surface area contributed by atoms with Crippen molar-refractivity contribution in [1.29, 1.82) is 0 Å². The molecule has 1 N–H and O–H groups in total. The van der Waals surface area contributed by atoms with Gasteiger partial charge in [0, 0.05) is 30.8 Å². The number of aromatic nitrogens is 2. The number of nitrogens with zero attached hydrogens (tertiary/aromatic N) is 3. The number of rotatable bonds is 4. The smallest absolute Gasteiger partial charge is 0.272 e. The maximum atomic E-state index is 14.6. The highest BCUT2D eigenvalue weighted by atomic mass is 19.1. The molecule has 8 heteroatoms. The minimum Gasteiger partial charge on any atom is -0.325 e. The second kappa shape index (κ2) is 8.18. The molecule has 1 saturated carbocycles. The third-order valence-corrected chi connectivity index (χ3v) is 6.13. The number of aromatic amines is 1. The van der Waals surface area contributed by atoms with E-state index < -0.39 is 11.7 Å². The summed E-state index contributed by atoms with van der Waals surface area (Å²) in [4.78, 5) is 40.8. The molecule has 2 heterocycles. The van der Waals surface area contributed by atoms with Crippen molar-refractivity contribution in [3.63, 3.8) is 0 Å². The average molecular weight is 434 g/mol. The Balaban J connectivity index is 1.39. The zero-order valence-electron chi connectivity index (χ0n) is 17.5. The van der Waals surface area contributed by atoms with Gasteiger partial charge in [-0.1, -0.05) is 24.3 Å². The molecular weight excluding hydrogens is 411 g/mol. The molecule has 0 bridgehead atoms. The summed E-state index contributed by atoms with van der Waals surface area (Å²) in [6.45, 7) is 1.32. The van der Waals surface area contributed by atoms with Gasteiger partial charge in [-0.15, -0.1) is 0 Å². The first-order chi connectivity index (χ1) is 15.5. The molecule has 164 valence electrons. The summed E-state index contributed by atoms with van der Waals surface area (Å²) in [5.41, 5.74) is 1.07. The molecule has 0 unspecified atom stereocenters. The normalized spacial score (nSPS) is 16.4. The standard InChI is InChI=1S/C24H23FN4O3/c25-20-9-6-15(13-21-17-4-1-2-5-18(17)22(30)27-26-21)12-19(20)24(32)29-11-3-10-28(14-29)23(31)16-7-8-16/h1-2,4-6,9,12,16H,3,7-8,10-11,13-14H2,(H,27,30). The van der Waals surface area contributed by atoms with Crippen molar-refractivity contribution in [2.24, 2.45) is 5.92 Å². The third kappa shape index (κ3) is 3.88. The van der Waals surface area contributed by atoms with Gasteiger partial charge < -0.3 is 9.80 Å². The predicted octanol–water partition coefficient (Wildman–Crippen LogP) is 2.70. The lowest BCUT2D eigenvalue weighted by Gasteiger charge is -2.36. The monoisotopic (exact) mass is 434 g/mol. The second-order valence-electron chi connectivity index (χ2n) is 8.48. The van der Waals surface area contributed by atoms with Gasteiger partial charge in [0.1, 0.15) is 5.82 Å². The van der Waals surface area contributed by atoms with Gasteiger partial charge in [0.25, 0.3) is 11.5 Å². The van der Waals surface area contributed by atoms with E-state index in [0.29, 0.717) is 42.6 Å². The Morgan fingerprint density at radius 2 is 1.81 bits per heavy atom. The summed E-state index contributed by atoms with van der Waals surface area (Å²) in [5.74, 6) is -0.835. The predicted molar refractivity (Wildman–Crippen MR) is 117 cm³/mol. The zero-order chi connectivity index (χ0) is 22.2. The van der Waals surface area contributed by atoms with Crippen molar-refractivity contribution in [2.45, 2.75) is 25.7 Å². The van der Waals surface area contributed by atoms with Crippen molar-refractivity contribution in [3.05, 3.63) is 75.5 Å². The number of hydrogen-bond donors (Lipinski definition) is 1. The summed E-state index contributed by atoms with van der Waals surface area (Å²) in [5, 5.41) is 7.92. The summed E-state index contributed by atoms with van der Waals surface area (Å²) in [6, 6.07) is 11.6. The molecule has 1 aliphatic carbocycles. The van der Waals surface area contributed by atoms with Crippen LogP contribution in [0.3, 0.4) is 0 Å². The van der Waals surface area contributed by atoms with E-state index in [-0.39, 0.29) is 29.6 Å². The number of nitrogens with one attached hydrogen (secondary N) is 1. The number of halogens is 1. The van der Waals surface area contributed by atoms with Gasteiger partial charge in [0.05, 0.1) is 23.3 Å². The first kappa shape index (κ1) is 20.4. The molecule has 7 nitrogen and oxygen atoms in total. The largest absolute Gasteiger partial charge is 0.325 e. The highest BCUT2D eigenvalue weighted by molar-refractivity contribution is 5.95. The van der Waals surface area contributed by atoms with Crippen molar-refractivity contribution in [3.8, 4) is 0 Å². The van der Waals surface area contributed by atoms with Crippen molar-refractivity contribution >= 4 is 22.6 Å². The second-order valence-corrected chi connectivity index (χ2v) is 8.48. The van der Waals surface area contributed by atoms with Crippen molar-refractivity contribution < 1.29 is 14.0 Å². The molecule has 5 rings (SSSR count). The SMILES string of the molecule is O=C(c1cc(Cc2n[nH]c(=O)c3ccccc23)ccc1F)N1CCCN(C(=O)C2CC2)C1. The number of fused-ring (bicyclic) bond motifs is 1. The van der Waals surface area contributed by atoms with E-state index in [9.17, 15) is 18.8 Å². The fraction of sp³-hybridized carbons (Fsp3) is 0.333. The fourth-order valence-electron chi connectivity index (χ4n) is 4.25. The molecule has 2 aromatic carbocycles. The van der Waals surface area contributed by atoms with Gasteiger partial charge in [0.2, 0.25) is 5.91 Å². The van der Waals surface area contributed by atoms with Crippen LogP contribution in [-0.2, 0) is 11.2 Å². The Bertz CT molecular complexity index is 1270. The third-order valence-electron chi connectivity index (χ3n) is 6.13. The molecule has 2 aliphatic rings. The van der Waals surface area contributed by atoms with Crippen LogP contribution in [-0.4, -0.2) is 51.6 Å². The van der Waals surface area contributed by atoms with Crippen LogP contribution >= 0.6 is 0 Å². The Morgan fingerprint density at radius 3 is 2.59 bits per heavy atom. The lowest BCUT2D eigenvalue weighted by molar-refractivity contribution is -0.135. The summed E-state index contributed by atoms with van der Waals surface area (Å²) >= 11 is 0. The number of carbonyl (C=O) groups is 2. The highest BCUT2D eigenvalue weighted by Gasteiger charge is 2.36. The Kier molecular flexibility index (Phi) is 5.20. The topological polar surface area (TPSA) is 86.4 Å². The van der Waals surface area contributed by atoms with Gasteiger partial charge in [-0.05, 0) is 43.0 Å². The average Bonchev–Trinajstić information content (AvgIpc) is 3.67. The lowest BCUT2D eigenvalue weighted by atomic mass is 10.0. The van der Waals surface area contributed by atoms with Crippen LogP contribution in [0, 0.1) is 11.7 Å². The minimum atomic E-state index is -0.594. The Labute approximate surface area is 183 Å². The summed E-state index contributed by atoms with van der Waals surface area (Å²) in [6.07, 6.45) is 2.84. The quantitative estimate of drug-likeness (QED) is 0.684. The lowest BCUT2D eigenvalue weighted by Crippen LogP contribution is -2.50. The molecular formula is C24H23FN4O3. The van der Waals surface area contributed by atoms with E-state index in [1.54, 1.807) is 34.1 Å². The van der Waals surface area contributed by atoms with Gasteiger partial charge >= 0.3 is 0 Å². The maximum Gasteiger partial charge on any atom is 0.272 e. The van der Waals surface area contributed by atoms with Crippen molar-refractivity contribution in [1.82, 2.24) is 20.0 Å². The summed E-state index contributed by atoms with van der Waals surface area (Å²) in [7, 11) is 0. The molecule has 2 fully saturated rings. The van der Waals surface area contributed by atoms with Crippen molar-refractivity contribution in [2.75, 3.05) is 19.8 Å². The number of amides is 2. The van der Waals surface area contributed by atoms with Gasteiger partial charge in [-0.25, -0.2) is 9.49 Å². The van der Waals surface area contributed by atoms with Crippen LogP contribution in [0.1, 0.15) is 40.9 Å². The first-order valence-corrected chi connectivity index (χ1v) is 10.8. The van der Waals surface area contributed by atoms with E-state index >= 15 is 0 Å². The molecule has 0 atom stereocenters. The molecule has 3 aromatic rings. The fourth-order valence-corrected chi connectivity index (χ4v) is 4.25. The number of carbonyl (C=O) groups excluding carboxylic acids is 2. The first-order valence-electron chi connectivity index (χ1n) is 10.8. The van der Waals surface area contributed by atoms with Crippen LogP contribution in [0.25, 0.3) is 10.8 Å². The maximum absolute atomic E-state index is 14.6. The molecule has 0 radical (unpaired) electrons. The van der Waals surface area contributed by atoms with E-state index in [1.807, 2.05) is 12.1 Å². The molecule has 32 heavy (non-hydrogen) atoms. The van der Waals surface area contributed by atoms with E-state index in [1.165, 1.54) is 6.07 Å². The molecule has 0 spiro atoms. The molecule has 1 aliphatic heterocycles. The van der Waals surface area contributed by atoms with E-state index in [0.717, 1.165) is 18.2 Å². The van der Waals surface area contributed by atoms with Gasteiger partial charge in [-0.3, -0.25) is 14.4 Å². The zero-order valence-corrected chi connectivity index (χ0v) is 17.5. The summed E-state index contributed by atoms with van der Waals surface area (Å²) < 4.78 is 14.6. The van der Waals surface area contributed by atoms with Gasteiger partial charge in [0.15, 0.2) is 0 Å². The van der Waals surface area contributed by atoms with Crippen LogP contribution in [0.4, 0.5) is 4.39 Å². The number of hydrogen-bond acceptors (Lipinski definition) is 4. The number of H-pyrrole nitrogens is 1. The Morgan fingerprint density at radius 1 is 1.06 bits per heavy atom. The van der Waals surface area contributed by atoms with Crippen LogP contribution in [0.15, 0.2) is 47.3 Å². The molecule has 1 saturated heterocycles. The molecule has 1 aromatic heterocycles. The van der Waals surface area contributed by atoms with Crippen LogP contribution in [0.5, 0.6) is 0 Å². The molecule has 2 amide bonds. The number of benzene rings is 2. The minimum absolute atomic E-state index is 0.0167. The van der Waals surface area contributed by atoms with Gasteiger partial charge in [-0.2, -0.15) is 5.10 Å². The highest BCUT2D eigenvalue weighted by Crippen LogP contribution is 2.31. The van der Waals surface area contributed by atoms with Crippen LogP contribution in [0.2, 0.25) is 0 Å². The van der Waals surface area contributed by atoms with E-state index in [4.69, 9.17) is 0 Å². The Hall–Kier alpha value is -3.55.